The number of thiophene rings is 1. The average molecular weight is 409 g/mol. The van der Waals surface area contributed by atoms with Crippen LogP contribution in [-0.4, -0.2) is 33.6 Å². The van der Waals surface area contributed by atoms with Gasteiger partial charge in [-0.05, 0) is 66.5 Å². The lowest BCUT2D eigenvalue weighted by Crippen LogP contribution is -2.38. The van der Waals surface area contributed by atoms with Gasteiger partial charge in [-0.25, -0.2) is 0 Å². The molecular weight excluding hydrogens is 384 g/mol. The van der Waals surface area contributed by atoms with Crippen molar-refractivity contribution in [3.63, 3.8) is 0 Å². The molecule has 0 atom stereocenters. The average Bonchev–Trinajstić information content (AvgIpc) is 3.39. The molecule has 0 radical (unpaired) electrons. The Bertz CT molecular complexity index is 1090. The molecule has 2 heterocycles. The molecule has 1 aromatic carbocycles. The molecule has 2 aromatic heterocycles. The smallest absolute Gasteiger partial charge is 0.268 e. The van der Waals surface area contributed by atoms with Crippen LogP contribution in [0.3, 0.4) is 0 Å². The molecular formula is C23H24N2O3S. The maximum absolute atomic E-state index is 13.4. The van der Waals surface area contributed by atoms with E-state index < -0.39 is 0 Å². The molecule has 0 saturated carbocycles. The second kappa shape index (κ2) is 8.35. The number of aliphatic hydroxyl groups excluding tert-OH is 1. The van der Waals surface area contributed by atoms with Crippen LogP contribution in [-0.2, 0) is 19.4 Å². The lowest BCUT2D eigenvalue weighted by molar-refractivity contribution is 0.0706. The van der Waals surface area contributed by atoms with Crippen LogP contribution in [0.25, 0.3) is 5.69 Å². The molecule has 1 amide bonds. The number of rotatable bonds is 6. The van der Waals surface area contributed by atoms with Crippen molar-refractivity contribution in [3.8, 4) is 5.69 Å². The third kappa shape index (κ3) is 3.78. The van der Waals surface area contributed by atoms with Gasteiger partial charge >= 0.3 is 0 Å². The van der Waals surface area contributed by atoms with Gasteiger partial charge in [0.25, 0.3) is 11.5 Å². The molecule has 1 N–H and O–H groups in total. The number of hydrogen-bond donors (Lipinski definition) is 1. The molecule has 3 aromatic rings. The van der Waals surface area contributed by atoms with Gasteiger partial charge in [0.05, 0.1) is 18.8 Å². The van der Waals surface area contributed by atoms with E-state index >= 15 is 0 Å². The molecule has 0 saturated heterocycles. The number of amides is 1. The fourth-order valence-corrected chi connectivity index (χ4v) is 4.74. The number of aromatic nitrogens is 1. The number of pyridine rings is 1. The first-order valence-electron chi connectivity index (χ1n) is 9.86. The molecule has 1 aliphatic carbocycles. The molecule has 0 fully saturated rings. The van der Waals surface area contributed by atoms with Crippen molar-refractivity contribution in [3.05, 3.63) is 85.5 Å². The summed E-state index contributed by atoms with van der Waals surface area (Å²) in [6.07, 6.45) is 4.83. The van der Waals surface area contributed by atoms with E-state index in [-0.39, 0.29) is 30.2 Å². The lowest BCUT2D eigenvalue weighted by atomic mass is 10.1. The standard InChI is InChI=1S/C23H24N2O3S/c1-16-10-11-25(20-9-3-6-17-5-2-8-19(17)20)23(28)21(16)22(27)24(12-13-26)15-18-7-4-14-29-18/h3-4,6-7,9-11,14,26H,2,5,8,12-13,15H2,1H3. The highest BCUT2D eigenvalue weighted by molar-refractivity contribution is 7.09. The minimum absolute atomic E-state index is 0.149. The second-order valence-electron chi connectivity index (χ2n) is 7.35. The maximum Gasteiger partial charge on any atom is 0.268 e. The minimum Gasteiger partial charge on any atom is -0.395 e. The third-order valence-electron chi connectivity index (χ3n) is 5.48. The lowest BCUT2D eigenvalue weighted by Gasteiger charge is -2.22. The van der Waals surface area contributed by atoms with Gasteiger partial charge in [-0.2, -0.15) is 0 Å². The van der Waals surface area contributed by atoms with Gasteiger partial charge in [-0.15, -0.1) is 11.3 Å². The predicted molar refractivity (Wildman–Crippen MR) is 115 cm³/mol. The fraction of sp³-hybridized carbons (Fsp3) is 0.304. The van der Waals surface area contributed by atoms with Crippen molar-refractivity contribution < 1.29 is 9.90 Å². The van der Waals surface area contributed by atoms with Gasteiger partial charge in [0, 0.05) is 17.6 Å². The van der Waals surface area contributed by atoms with Gasteiger partial charge < -0.3 is 10.0 Å². The summed E-state index contributed by atoms with van der Waals surface area (Å²) < 4.78 is 1.60. The number of benzene rings is 1. The summed E-state index contributed by atoms with van der Waals surface area (Å²) in [4.78, 5) is 29.3. The van der Waals surface area contributed by atoms with Crippen molar-refractivity contribution in [2.24, 2.45) is 0 Å². The van der Waals surface area contributed by atoms with E-state index in [9.17, 15) is 14.7 Å². The zero-order chi connectivity index (χ0) is 20.4. The van der Waals surface area contributed by atoms with Crippen molar-refractivity contribution in [2.45, 2.75) is 32.7 Å². The number of aryl methyl sites for hydroxylation is 2. The van der Waals surface area contributed by atoms with E-state index in [1.807, 2.05) is 35.7 Å². The first kappa shape index (κ1) is 19.6. The highest BCUT2D eigenvalue weighted by atomic mass is 32.1. The first-order chi connectivity index (χ1) is 14.1. The van der Waals surface area contributed by atoms with Crippen LogP contribution in [0.2, 0.25) is 0 Å². The number of carbonyl (C=O) groups excluding carboxylic acids is 1. The molecule has 0 spiro atoms. The number of nitrogens with zero attached hydrogens (tertiary/aromatic N) is 2. The normalized spacial score (nSPS) is 12.8. The highest BCUT2D eigenvalue weighted by Gasteiger charge is 2.24. The summed E-state index contributed by atoms with van der Waals surface area (Å²) in [6, 6.07) is 11.7. The summed E-state index contributed by atoms with van der Waals surface area (Å²) in [6.45, 7) is 2.21. The summed E-state index contributed by atoms with van der Waals surface area (Å²) >= 11 is 1.55. The number of carbonyl (C=O) groups is 1. The first-order valence-corrected chi connectivity index (χ1v) is 10.7. The van der Waals surface area contributed by atoms with Crippen molar-refractivity contribution in [1.82, 2.24) is 9.47 Å². The van der Waals surface area contributed by atoms with Crippen LogP contribution in [0.15, 0.2) is 52.8 Å². The molecule has 0 unspecified atom stereocenters. The van der Waals surface area contributed by atoms with Crippen LogP contribution in [0.5, 0.6) is 0 Å². The number of aliphatic hydroxyl groups is 1. The molecule has 29 heavy (non-hydrogen) atoms. The zero-order valence-corrected chi connectivity index (χ0v) is 17.2. The van der Waals surface area contributed by atoms with Crippen LogP contribution in [0.4, 0.5) is 0 Å². The quantitative estimate of drug-likeness (QED) is 0.681. The molecule has 4 rings (SSSR count). The Kier molecular flexibility index (Phi) is 5.65. The Morgan fingerprint density at radius 3 is 2.83 bits per heavy atom. The van der Waals surface area contributed by atoms with Crippen molar-refractivity contribution >= 4 is 17.2 Å². The van der Waals surface area contributed by atoms with Crippen LogP contribution < -0.4 is 5.56 Å². The van der Waals surface area contributed by atoms with Gasteiger partial charge in [-0.3, -0.25) is 14.2 Å². The zero-order valence-electron chi connectivity index (χ0n) is 16.4. The molecule has 6 heteroatoms. The fourth-order valence-electron chi connectivity index (χ4n) is 4.02. The van der Waals surface area contributed by atoms with Gasteiger partial charge in [0.15, 0.2) is 0 Å². The third-order valence-corrected chi connectivity index (χ3v) is 6.34. The second-order valence-corrected chi connectivity index (χ2v) is 8.38. The Labute approximate surface area is 173 Å². The Hall–Kier alpha value is -2.70. The molecule has 150 valence electrons. The molecule has 1 aliphatic rings. The summed E-state index contributed by atoms with van der Waals surface area (Å²) in [5.74, 6) is -0.336. The summed E-state index contributed by atoms with van der Waals surface area (Å²) in [7, 11) is 0. The molecule has 0 bridgehead atoms. The maximum atomic E-state index is 13.4. The Morgan fingerprint density at radius 1 is 1.21 bits per heavy atom. The van der Waals surface area contributed by atoms with Crippen LogP contribution in [0, 0.1) is 6.92 Å². The van der Waals surface area contributed by atoms with Crippen LogP contribution in [0.1, 0.15) is 38.3 Å². The number of fused-ring (bicyclic) bond motifs is 1. The van der Waals surface area contributed by atoms with E-state index in [0.29, 0.717) is 12.1 Å². The van der Waals surface area contributed by atoms with E-state index in [4.69, 9.17) is 0 Å². The van der Waals surface area contributed by atoms with E-state index in [0.717, 1.165) is 29.8 Å². The Balaban J connectivity index is 1.76. The summed E-state index contributed by atoms with van der Waals surface area (Å²) in [5, 5.41) is 11.4. The largest absolute Gasteiger partial charge is 0.395 e. The number of hydrogen-bond acceptors (Lipinski definition) is 4. The highest BCUT2D eigenvalue weighted by Crippen LogP contribution is 2.27. The molecule has 5 nitrogen and oxygen atoms in total. The topological polar surface area (TPSA) is 62.5 Å². The monoisotopic (exact) mass is 408 g/mol. The molecule has 0 aliphatic heterocycles. The van der Waals surface area contributed by atoms with Crippen LogP contribution >= 0.6 is 11.3 Å². The van der Waals surface area contributed by atoms with E-state index in [1.165, 1.54) is 11.1 Å². The van der Waals surface area contributed by atoms with Crippen molar-refractivity contribution in [1.29, 1.82) is 0 Å². The predicted octanol–water partition coefficient (Wildman–Crippen LogP) is 3.33. The van der Waals surface area contributed by atoms with Gasteiger partial charge in [-0.1, -0.05) is 18.2 Å². The SMILES string of the molecule is Cc1ccn(-c2cccc3c2CCC3)c(=O)c1C(=O)N(CCO)Cc1cccs1. The van der Waals surface area contributed by atoms with Gasteiger partial charge in [0.2, 0.25) is 0 Å². The van der Waals surface area contributed by atoms with E-state index in [2.05, 4.69) is 6.07 Å². The van der Waals surface area contributed by atoms with E-state index in [1.54, 1.807) is 33.9 Å². The van der Waals surface area contributed by atoms with Crippen molar-refractivity contribution in [2.75, 3.05) is 13.2 Å². The summed E-state index contributed by atoms with van der Waals surface area (Å²) in [5.41, 5.74) is 3.87. The van der Waals surface area contributed by atoms with Gasteiger partial charge in [0.1, 0.15) is 5.56 Å². The minimum atomic E-state index is -0.336. The Morgan fingerprint density at radius 2 is 2.07 bits per heavy atom.